The molecule has 0 aromatic heterocycles. The number of hydrogen-bond acceptors (Lipinski definition) is 4. The molecule has 1 saturated heterocycles. The zero-order valence-electron chi connectivity index (χ0n) is 12.0. The zero-order valence-corrected chi connectivity index (χ0v) is 12.8. The summed E-state index contributed by atoms with van der Waals surface area (Å²) in [6.45, 7) is 3.30. The predicted octanol–water partition coefficient (Wildman–Crippen LogP) is 0.722. The summed E-state index contributed by atoms with van der Waals surface area (Å²) in [4.78, 5) is 13.7. The molecular weight excluding hydrogens is 292 g/mol. The number of para-hydroxylation sites is 1. The van der Waals surface area contributed by atoms with E-state index in [9.17, 15) is 13.2 Å². The van der Waals surface area contributed by atoms with Gasteiger partial charge >= 0.3 is 0 Å². The number of primary sulfonamides is 1. The van der Waals surface area contributed by atoms with Crippen molar-refractivity contribution in [2.24, 2.45) is 11.1 Å². The summed E-state index contributed by atoms with van der Waals surface area (Å²) < 4.78 is 27.8. The number of benzene rings is 1. The van der Waals surface area contributed by atoms with Crippen LogP contribution in [0.25, 0.3) is 0 Å². The second-order valence-corrected chi connectivity index (χ2v) is 6.87. The van der Waals surface area contributed by atoms with Crippen LogP contribution in [0, 0.1) is 5.92 Å². The van der Waals surface area contributed by atoms with Gasteiger partial charge in [-0.3, -0.25) is 4.79 Å². The lowest BCUT2D eigenvalue weighted by Crippen LogP contribution is -2.27. The molecule has 0 spiro atoms. The molecule has 1 atom stereocenters. The minimum Gasteiger partial charge on any atom is -0.494 e. The van der Waals surface area contributed by atoms with E-state index >= 15 is 0 Å². The SMILES string of the molecule is CCOc1ccccc1CN1CC(CS(N)(=O)=O)CC1=O. The Morgan fingerprint density at radius 1 is 1.38 bits per heavy atom. The molecule has 2 rings (SSSR count). The Morgan fingerprint density at radius 3 is 2.76 bits per heavy atom. The zero-order chi connectivity index (χ0) is 15.5. The highest BCUT2D eigenvalue weighted by atomic mass is 32.2. The summed E-state index contributed by atoms with van der Waals surface area (Å²) >= 11 is 0. The van der Waals surface area contributed by atoms with Crippen LogP contribution < -0.4 is 9.88 Å². The van der Waals surface area contributed by atoms with Crippen LogP contribution in [0.2, 0.25) is 0 Å². The summed E-state index contributed by atoms with van der Waals surface area (Å²) in [5.41, 5.74) is 0.920. The highest BCUT2D eigenvalue weighted by Crippen LogP contribution is 2.25. The van der Waals surface area contributed by atoms with Crippen LogP contribution in [-0.4, -0.2) is 38.1 Å². The van der Waals surface area contributed by atoms with Crippen molar-refractivity contribution < 1.29 is 17.9 Å². The smallest absolute Gasteiger partial charge is 0.223 e. The van der Waals surface area contributed by atoms with Crippen molar-refractivity contribution in [3.8, 4) is 5.75 Å². The van der Waals surface area contributed by atoms with Crippen LogP contribution in [0.15, 0.2) is 24.3 Å². The number of likely N-dealkylation sites (tertiary alicyclic amines) is 1. The summed E-state index contributed by atoms with van der Waals surface area (Å²) in [5.74, 6) is 0.326. The number of nitrogens with zero attached hydrogens (tertiary/aromatic N) is 1. The summed E-state index contributed by atoms with van der Waals surface area (Å²) in [7, 11) is -3.55. The molecule has 6 nitrogen and oxygen atoms in total. The van der Waals surface area contributed by atoms with Gasteiger partial charge in [-0.2, -0.15) is 0 Å². The fourth-order valence-corrected chi connectivity index (χ4v) is 3.46. The van der Waals surface area contributed by atoms with Crippen molar-refractivity contribution in [3.05, 3.63) is 29.8 Å². The van der Waals surface area contributed by atoms with E-state index < -0.39 is 10.0 Å². The molecule has 1 unspecified atom stereocenters. The van der Waals surface area contributed by atoms with Gasteiger partial charge in [0.1, 0.15) is 5.75 Å². The Morgan fingerprint density at radius 2 is 2.10 bits per heavy atom. The number of nitrogens with two attached hydrogens (primary N) is 1. The van der Waals surface area contributed by atoms with Crippen molar-refractivity contribution >= 4 is 15.9 Å². The van der Waals surface area contributed by atoms with E-state index in [1.807, 2.05) is 31.2 Å². The van der Waals surface area contributed by atoms with Crippen molar-refractivity contribution in [3.63, 3.8) is 0 Å². The molecular formula is C14H20N2O4S. The van der Waals surface area contributed by atoms with Gasteiger partial charge in [0.2, 0.25) is 15.9 Å². The first-order valence-electron chi connectivity index (χ1n) is 6.88. The first-order chi connectivity index (χ1) is 9.89. The molecule has 116 valence electrons. The van der Waals surface area contributed by atoms with Crippen LogP contribution in [0.5, 0.6) is 5.75 Å². The molecule has 1 fully saturated rings. The van der Waals surface area contributed by atoms with Crippen molar-refractivity contribution in [1.29, 1.82) is 0 Å². The Labute approximate surface area is 124 Å². The lowest BCUT2D eigenvalue weighted by atomic mass is 10.1. The normalized spacial score (nSPS) is 19.0. The van der Waals surface area contributed by atoms with Gasteiger partial charge in [0, 0.05) is 31.0 Å². The van der Waals surface area contributed by atoms with Gasteiger partial charge in [-0.1, -0.05) is 18.2 Å². The second kappa shape index (κ2) is 6.44. The molecule has 7 heteroatoms. The number of rotatable bonds is 6. The predicted molar refractivity (Wildman–Crippen MR) is 79.1 cm³/mol. The highest BCUT2D eigenvalue weighted by molar-refractivity contribution is 7.89. The van der Waals surface area contributed by atoms with E-state index in [-0.39, 0.29) is 24.0 Å². The molecule has 1 heterocycles. The van der Waals surface area contributed by atoms with Gasteiger partial charge in [0.15, 0.2) is 0 Å². The van der Waals surface area contributed by atoms with E-state index in [0.29, 0.717) is 19.7 Å². The first kappa shape index (κ1) is 15.8. The maximum absolute atomic E-state index is 12.0. The van der Waals surface area contributed by atoms with Gasteiger partial charge in [-0.15, -0.1) is 0 Å². The minimum absolute atomic E-state index is 0.0463. The Hall–Kier alpha value is -1.60. The highest BCUT2D eigenvalue weighted by Gasteiger charge is 2.32. The third-order valence-corrected chi connectivity index (χ3v) is 4.33. The molecule has 1 amide bonds. The number of ether oxygens (including phenoxy) is 1. The molecule has 0 aliphatic carbocycles. The standard InChI is InChI=1S/C14H20N2O4S/c1-2-20-13-6-4-3-5-12(13)9-16-8-11(7-14(16)17)10-21(15,18)19/h3-6,11H,2,7-10H2,1H3,(H2,15,18,19). The van der Waals surface area contributed by atoms with Gasteiger partial charge in [-0.25, -0.2) is 13.6 Å². The van der Waals surface area contributed by atoms with Crippen LogP contribution in [0.3, 0.4) is 0 Å². The largest absolute Gasteiger partial charge is 0.494 e. The summed E-state index contributed by atoms with van der Waals surface area (Å²) in [6.07, 6.45) is 0.229. The van der Waals surface area contributed by atoms with Gasteiger partial charge in [-0.05, 0) is 13.0 Å². The lowest BCUT2D eigenvalue weighted by Gasteiger charge is -2.18. The lowest BCUT2D eigenvalue weighted by molar-refractivity contribution is -0.128. The molecule has 1 aliphatic rings. The van der Waals surface area contributed by atoms with E-state index in [4.69, 9.17) is 9.88 Å². The topological polar surface area (TPSA) is 89.7 Å². The van der Waals surface area contributed by atoms with Crippen LogP contribution >= 0.6 is 0 Å². The molecule has 0 bridgehead atoms. The number of carbonyl (C=O) groups excluding carboxylic acids is 1. The van der Waals surface area contributed by atoms with Gasteiger partial charge in [0.25, 0.3) is 0 Å². The maximum Gasteiger partial charge on any atom is 0.223 e. The van der Waals surface area contributed by atoms with E-state index in [2.05, 4.69) is 0 Å². The van der Waals surface area contributed by atoms with E-state index in [1.165, 1.54) is 0 Å². The quantitative estimate of drug-likeness (QED) is 0.838. The number of hydrogen-bond donors (Lipinski definition) is 1. The molecule has 21 heavy (non-hydrogen) atoms. The fraction of sp³-hybridized carbons (Fsp3) is 0.500. The average molecular weight is 312 g/mol. The first-order valence-corrected chi connectivity index (χ1v) is 8.59. The van der Waals surface area contributed by atoms with Crippen molar-refractivity contribution in [1.82, 2.24) is 4.90 Å². The van der Waals surface area contributed by atoms with Gasteiger partial charge in [0.05, 0.1) is 12.4 Å². The third kappa shape index (κ3) is 4.44. The van der Waals surface area contributed by atoms with Gasteiger partial charge < -0.3 is 9.64 Å². The van der Waals surface area contributed by atoms with E-state index in [1.54, 1.807) is 4.90 Å². The monoisotopic (exact) mass is 312 g/mol. The fourth-order valence-electron chi connectivity index (χ4n) is 2.58. The van der Waals surface area contributed by atoms with Crippen LogP contribution in [0.1, 0.15) is 18.9 Å². The Balaban J connectivity index is 2.05. The molecule has 1 aromatic carbocycles. The number of carbonyl (C=O) groups is 1. The molecule has 0 radical (unpaired) electrons. The average Bonchev–Trinajstić information content (AvgIpc) is 2.70. The third-order valence-electron chi connectivity index (χ3n) is 3.40. The maximum atomic E-state index is 12.0. The molecule has 0 saturated carbocycles. The Bertz CT molecular complexity index is 615. The molecule has 1 aliphatic heterocycles. The number of amides is 1. The summed E-state index contributed by atoms with van der Waals surface area (Å²) in [6, 6.07) is 7.54. The molecule has 2 N–H and O–H groups in total. The van der Waals surface area contributed by atoms with Crippen molar-refractivity contribution in [2.75, 3.05) is 18.9 Å². The Kier molecular flexibility index (Phi) is 4.84. The number of sulfonamides is 1. The van der Waals surface area contributed by atoms with Crippen LogP contribution in [-0.2, 0) is 21.4 Å². The second-order valence-electron chi connectivity index (χ2n) is 5.21. The minimum atomic E-state index is -3.55. The van der Waals surface area contributed by atoms with E-state index in [0.717, 1.165) is 11.3 Å². The molecule has 1 aromatic rings. The summed E-state index contributed by atoms with van der Waals surface area (Å²) in [5, 5.41) is 5.04. The van der Waals surface area contributed by atoms with Crippen molar-refractivity contribution in [2.45, 2.75) is 19.9 Å². The van der Waals surface area contributed by atoms with Crippen LogP contribution in [0.4, 0.5) is 0 Å².